The molecule has 0 saturated heterocycles. The topological polar surface area (TPSA) is 62.8 Å². The Labute approximate surface area is 152 Å². The Morgan fingerprint density at radius 3 is 2.46 bits per heavy atom. The van der Waals surface area contributed by atoms with E-state index >= 15 is 0 Å². The van der Waals surface area contributed by atoms with E-state index in [1.807, 2.05) is 57.2 Å². The molecule has 0 fully saturated rings. The van der Waals surface area contributed by atoms with E-state index in [1.54, 1.807) is 0 Å². The summed E-state index contributed by atoms with van der Waals surface area (Å²) in [7, 11) is 0. The van der Waals surface area contributed by atoms with Gasteiger partial charge in [-0.3, -0.25) is 4.99 Å². The number of aliphatic imine (C=N–C) groups is 1. The van der Waals surface area contributed by atoms with Crippen molar-refractivity contribution in [3.05, 3.63) is 69.1 Å². The third-order valence-electron chi connectivity index (χ3n) is 4.61. The van der Waals surface area contributed by atoms with Gasteiger partial charge in [0, 0.05) is 6.21 Å². The number of fused-ring (bicyclic) bond motifs is 1. The van der Waals surface area contributed by atoms with Gasteiger partial charge in [-0.1, -0.05) is 45.0 Å². The quantitative estimate of drug-likeness (QED) is 0.517. The number of aryl methyl sites for hydroxylation is 2. The molecule has 1 aromatic heterocycles. The summed E-state index contributed by atoms with van der Waals surface area (Å²) >= 11 is 0. The fourth-order valence-electron chi connectivity index (χ4n) is 3.01. The van der Waals surface area contributed by atoms with Crippen molar-refractivity contribution in [3.63, 3.8) is 0 Å². The molecule has 0 radical (unpaired) electrons. The molecule has 0 atom stereocenters. The van der Waals surface area contributed by atoms with Crippen molar-refractivity contribution in [1.29, 1.82) is 0 Å². The molecular weight excluding hydrogens is 326 g/mol. The van der Waals surface area contributed by atoms with Crippen LogP contribution in [0.2, 0.25) is 0 Å². The highest BCUT2D eigenvalue weighted by molar-refractivity contribution is 5.97. The molecule has 0 saturated carbocycles. The SMILES string of the molecule is CCc1ccc(N=Cc2c(O)c3c(C)ccc(C(C)C)c3oc2=O)cc1. The monoisotopic (exact) mass is 349 g/mol. The van der Waals surface area contributed by atoms with E-state index in [2.05, 4.69) is 11.9 Å². The Balaban J connectivity index is 2.13. The van der Waals surface area contributed by atoms with Crippen LogP contribution >= 0.6 is 0 Å². The summed E-state index contributed by atoms with van der Waals surface area (Å²) in [5.74, 6) is 0.0995. The molecule has 0 spiro atoms. The van der Waals surface area contributed by atoms with Crippen molar-refractivity contribution in [2.75, 3.05) is 0 Å². The van der Waals surface area contributed by atoms with E-state index in [1.165, 1.54) is 11.8 Å². The van der Waals surface area contributed by atoms with Crippen LogP contribution in [0.25, 0.3) is 11.0 Å². The van der Waals surface area contributed by atoms with Crippen LogP contribution in [0.1, 0.15) is 48.9 Å². The van der Waals surface area contributed by atoms with E-state index < -0.39 is 5.63 Å². The maximum absolute atomic E-state index is 12.4. The van der Waals surface area contributed by atoms with E-state index in [0.29, 0.717) is 16.7 Å². The first-order valence-corrected chi connectivity index (χ1v) is 8.84. The summed E-state index contributed by atoms with van der Waals surface area (Å²) in [6.45, 7) is 8.02. The Morgan fingerprint density at radius 1 is 1.15 bits per heavy atom. The van der Waals surface area contributed by atoms with Gasteiger partial charge in [0.05, 0.1) is 11.1 Å². The molecule has 1 N–H and O–H groups in total. The molecular formula is C22H23NO3. The lowest BCUT2D eigenvalue weighted by atomic mass is 9.97. The van der Waals surface area contributed by atoms with Crippen molar-refractivity contribution in [1.82, 2.24) is 0 Å². The largest absolute Gasteiger partial charge is 0.506 e. The summed E-state index contributed by atoms with van der Waals surface area (Å²) in [5, 5.41) is 11.3. The summed E-state index contributed by atoms with van der Waals surface area (Å²) < 4.78 is 5.57. The number of rotatable bonds is 4. The molecule has 3 aromatic rings. The van der Waals surface area contributed by atoms with Crippen molar-refractivity contribution >= 4 is 22.9 Å². The molecule has 0 amide bonds. The highest BCUT2D eigenvalue weighted by Crippen LogP contribution is 2.34. The van der Waals surface area contributed by atoms with E-state index in [-0.39, 0.29) is 17.2 Å². The third kappa shape index (κ3) is 3.27. The fourth-order valence-corrected chi connectivity index (χ4v) is 3.01. The predicted octanol–water partition coefficient (Wildman–Crippen LogP) is 5.24. The first kappa shape index (κ1) is 17.9. The van der Waals surface area contributed by atoms with Gasteiger partial charge in [0.2, 0.25) is 0 Å². The molecule has 4 heteroatoms. The van der Waals surface area contributed by atoms with Gasteiger partial charge in [-0.2, -0.15) is 0 Å². The number of aromatic hydroxyl groups is 1. The van der Waals surface area contributed by atoms with Crippen LogP contribution in [0.3, 0.4) is 0 Å². The fraction of sp³-hybridized carbons (Fsp3) is 0.273. The highest BCUT2D eigenvalue weighted by atomic mass is 16.4. The zero-order chi connectivity index (χ0) is 18.8. The second-order valence-electron chi connectivity index (χ2n) is 6.76. The standard InChI is InChI=1S/C22H23NO3/c1-5-15-7-9-16(10-8-15)23-12-18-20(24)19-14(4)6-11-17(13(2)3)21(19)26-22(18)25/h6-13,24H,5H2,1-4H3. The molecule has 0 aliphatic heterocycles. The Kier molecular flexibility index (Phi) is 4.94. The maximum atomic E-state index is 12.4. The minimum Gasteiger partial charge on any atom is -0.506 e. The number of nitrogens with zero attached hydrogens (tertiary/aromatic N) is 1. The average molecular weight is 349 g/mol. The molecule has 0 bridgehead atoms. The number of hydrogen-bond donors (Lipinski definition) is 1. The minimum atomic E-state index is -0.587. The summed E-state index contributed by atoms with van der Waals surface area (Å²) in [4.78, 5) is 16.8. The normalized spacial score (nSPS) is 11.7. The molecule has 0 aliphatic rings. The zero-order valence-corrected chi connectivity index (χ0v) is 15.5. The highest BCUT2D eigenvalue weighted by Gasteiger charge is 2.18. The summed E-state index contributed by atoms with van der Waals surface area (Å²) in [6, 6.07) is 11.6. The molecule has 4 nitrogen and oxygen atoms in total. The molecule has 3 rings (SSSR count). The van der Waals surface area contributed by atoms with Crippen molar-refractivity contribution in [3.8, 4) is 5.75 Å². The van der Waals surface area contributed by atoms with Crippen molar-refractivity contribution in [2.24, 2.45) is 4.99 Å². The average Bonchev–Trinajstić information content (AvgIpc) is 2.61. The van der Waals surface area contributed by atoms with Gasteiger partial charge in [-0.25, -0.2) is 4.79 Å². The van der Waals surface area contributed by atoms with Crippen LogP contribution < -0.4 is 5.63 Å². The van der Waals surface area contributed by atoms with Crippen LogP contribution in [0, 0.1) is 6.92 Å². The van der Waals surface area contributed by atoms with Gasteiger partial charge in [0.1, 0.15) is 16.9 Å². The van der Waals surface area contributed by atoms with Gasteiger partial charge in [-0.15, -0.1) is 0 Å². The Bertz CT molecular complexity index is 1030. The second kappa shape index (κ2) is 7.16. The van der Waals surface area contributed by atoms with Crippen LogP contribution in [0.15, 0.2) is 50.6 Å². The van der Waals surface area contributed by atoms with Crippen LogP contribution in [-0.2, 0) is 6.42 Å². The predicted molar refractivity (Wildman–Crippen MR) is 106 cm³/mol. The Morgan fingerprint density at radius 2 is 1.85 bits per heavy atom. The van der Waals surface area contributed by atoms with Gasteiger partial charge < -0.3 is 9.52 Å². The zero-order valence-electron chi connectivity index (χ0n) is 15.5. The molecule has 0 unspecified atom stereocenters. The molecule has 134 valence electrons. The first-order chi connectivity index (χ1) is 12.4. The first-order valence-electron chi connectivity index (χ1n) is 8.84. The molecule has 2 aromatic carbocycles. The lowest BCUT2D eigenvalue weighted by molar-refractivity contribution is 0.465. The minimum absolute atomic E-state index is 0.0704. The third-order valence-corrected chi connectivity index (χ3v) is 4.61. The van der Waals surface area contributed by atoms with E-state index in [0.717, 1.165) is 17.5 Å². The lowest BCUT2D eigenvalue weighted by Gasteiger charge is -2.12. The van der Waals surface area contributed by atoms with E-state index in [4.69, 9.17) is 4.42 Å². The van der Waals surface area contributed by atoms with Crippen molar-refractivity contribution in [2.45, 2.75) is 40.0 Å². The van der Waals surface area contributed by atoms with Crippen molar-refractivity contribution < 1.29 is 9.52 Å². The van der Waals surface area contributed by atoms with Gasteiger partial charge in [0.25, 0.3) is 0 Å². The lowest BCUT2D eigenvalue weighted by Crippen LogP contribution is -2.08. The van der Waals surface area contributed by atoms with E-state index in [9.17, 15) is 9.90 Å². The number of benzene rings is 2. The van der Waals surface area contributed by atoms with Crippen LogP contribution in [0.4, 0.5) is 5.69 Å². The van der Waals surface area contributed by atoms with Crippen LogP contribution in [-0.4, -0.2) is 11.3 Å². The summed E-state index contributed by atoms with van der Waals surface area (Å²) in [5.41, 5.74) is 3.62. The second-order valence-corrected chi connectivity index (χ2v) is 6.76. The smallest absolute Gasteiger partial charge is 0.348 e. The molecule has 1 heterocycles. The molecule has 26 heavy (non-hydrogen) atoms. The van der Waals surface area contributed by atoms with Gasteiger partial charge in [-0.05, 0) is 48.1 Å². The van der Waals surface area contributed by atoms with Gasteiger partial charge >= 0.3 is 5.63 Å². The van der Waals surface area contributed by atoms with Crippen LogP contribution in [0.5, 0.6) is 5.75 Å². The summed E-state index contributed by atoms with van der Waals surface area (Å²) in [6.07, 6.45) is 2.33. The molecule has 0 aliphatic carbocycles. The maximum Gasteiger partial charge on any atom is 0.348 e. The number of hydrogen-bond acceptors (Lipinski definition) is 4. The Hall–Kier alpha value is -2.88. The van der Waals surface area contributed by atoms with Gasteiger partial charge in [0.15, 0.2) is 0 Å².